The first kappa shape index (κ1) is 18.0. The Balaban J connectivity index is 1.64. The Morgan fingerprint density at radius 3 is 2.54 bits per heavy atom. The van der Waals surface area contributed by atoms with Crippen LogP contribution in [0.25, 0.3) is 10.2 Å². The predicted molar refractivity (Wildman–Crippen MR) is 109 cm³/mol. The van der Waals surface area contributed by atoms with Gasteiger partial charge >= 0.3 is 0 Å². The summed E-state index contributed by atoms with van der Waals surface area (Å²) in [6.07, 6.45) is 4.41. The summed E-state index contributed by atoms with van der Waals surface area (Å²) in [4.78, 5) is 30.9. The summed E-state index contributed by atoms with van der Waals surface area (Å²) in [5, 5.41) is 1.82. The van der Waals surface area contributed by atoms with E-state index in [0.29, 0.717) is 0 Å². The third-order valence-electron chi connectivity index (χ3n) is 5.26. The third kappa shape index (κ3) is 3.42. The highest BCUT2D eigenvalue weighted by Gasteiger charge is 2.25. The molecule has 0 unspecified atom stereocenters. The fourth-order valence-electron chi connectivity index (χ4n) is 3.68. The van der Waals surface area contributed by atoms with E-state index in [1.807, 2.05) is 17.2 Å². The maximum absolute atomic E-state index is 13.0. The normalized spacial score (nSPS) is 18.8. The second-order valence-corrected chi connectivity index (χ2v) is 8.59. The summed E-state index contributed by atoms with van der Waals surface area (Å²) in [5.74, 6) is 1.14. The molecule has 2 aliphatic rings. The quantitative estimate of drug-likeness (QED) is 0.590. The van der Waals surface area contributed by atoms with Crippen LogP contribution in [0.5, 0.6) is 0 Å². The molecule has 0 spiro atoms. The van der Waals surface area contributed by atoms with Gasteiger partial charge in [0.15, 0.2) is 5.16 Å². The van der Waals surface area contributed by atoms with Gasteiger partial charge in [-0.3, -0.25) is 4.79 Å². The van der Waals surface area contributed by atoms with Crippen LogP contribution in [0.3, 0.4) is 0 Å². The lowest BCUT2D eigenvalue weighted by atomic mass is 10.2. The number of carbonyl (C=O) groups excluding carboxylic acids is 1. The van der Waals surface area contributed by atoms with Crippen molar-refractivity contribution in [2.24, 2.45) is 0 Å². The molecule has 0 bridgehead atoms. The Morgan fingerprint density at radius 1 is 1.15 bits per heavy atom. The number of anilines is 1. The highest BCUT2D eigenvalue weighted by Crippen LogP contribution is 2.34. The minimum atomic E-state index is 0.141. The zero-order valence-corrected chi connectivity index (χ0v) is 17.0. The molecule has 0 atom stereocenters. The molecule has 0 aliphatic carbocycles. The zero-order valence-electron chi connectivity index (χ0n) is 15.4. The number of rotatable bonds is 4. The van der Waals surface area contributed by atoms with E-state index in [-0.39, 0.29) is 5.91 Å². The van der Waals surface area contributed by atoms with Gasteiger partial charge in [0, 0.05) is 39.3 Å². The van der Waals surface area contributed by atoms with Gasteiger partial charge in [-0.15, -0.1) is 11.3 Å². The van der Waals surface area contributed by atoms with E-state index in [0.717, 1.165) is 71.9 Å². The lowest BCUT2D eigenvalue weighted by Crippen LogP contribution is -2.48. The smallest absolute Gasteiger partial charge is 0.264 e. The van der Waals surface area contributed by atoms with E-state index >= 15 is 0 Å². The Morgan fingerprint density at radius 2 is 1.88 bits per heavy atom. The number of amides is 1. The molecule has 2 aliphatic heterocycles. The second kappa shape index (κ2) is 7.70. The van der Waals surface area contributed by atoms with Crippen molar-refractivity contribution in [3.63, 3.8) is 0 Å². The number of fused-ring (bicyclic) bond motifs is 1. The van der Waals surface area contributed by atoms with Crippen molar-refractivity contribution >= 4 is 45.0 Å². The standard InChI is InChI=1S/C18H25N5OS2/c1-3-21-8-10-23(11-9-21)17(24)14-12-13-15(22-6-4-5-7-22)19-18(25-2)20-16(13)26-14/h12H,3-11H2,1-2H3. The topological polar surface area (TPSA) is 52.6 Å². The molecule has 4 rings (SSSR count). The van der Waals surface area contributed by atoms with Crippen molar-refractivity contribution in [2.45, 2.75) is 24.9 Å². The maximum Gasteiger partial charge on any atom is 0.264 e. The third-order valence-corrected chi connectivity index (χ3v) is 6.82. The number of thioether (sulfide) groups is 1. The molecule has 0 saturated carbocycles. The van der Waals surface area contributed by atoms with Gasteiger partial charge in [0.2, 0.25) is 0 Å². The van der Waals surface area contributed by atoms with Gasteiger partial charge in [0.05, 0.1) is 10.3 Å². The summed E-state index contributed by atoms with van der Waals surface area (Å²) < 4.78 is 0. The predicted octanol–water partition coefficient (Wildman–Crippen LogP) is 2.79. The van der Waals surface area contributed by atoms with E-state index in [1.54, 1.807) is 11.8 Å². The van der Waals surface area contributed by atoms with Crippen molar-refractivity contribution in [2.75, 3.05) is 57.0 Å². The average molecular weight is 392 g/mol. The summed E-state index contributed by atoms with van der Waals surface area (Å²) in [5.41, 5.74) is 0. The molecule has 4 heterocycles. The molecule has 0 aromatic carbocycles. The first-order chi connectivity index (χ1) is 12.7. The monoisotopic (exact) mass is 391 g/mol. The number of hydrogen-bond donors (Lipinski definition) is 0. The summed E-state index contributed by atoms with van der Waals surface area (Å²) >= 11 is 3.07. The number of piperazine rings is 1. The SMILES string of the molecule is CCN1CCN(C(=O)c2cc3c(N4CCCC4)nc(SC)nc3s2)CC1. The van der Waals surface area contributed by atoms with Gasteiger partial charge in [-0.05, 0) is 31.7 Å². The summed E-state index contributed by atoms with van der Waals surface area (Å²) in [6, 6.07) is 2.02. The number of carbonyl (C=O) groups is 1. The Bertz CT molecular complexity index is 794. The molecule has 8 heteroatoms. The molecule has 2 saturated heterocycles. The van der Waals surface area contributed by atoms with Gasteiger partial charge in [-0.2, -0.15) is 0 Å². The molecule has 26 heavy (non-hydrogen) atoms. The molecular formula is C18H25N5OS2. The molecule has 2 aromatic heterocycles. The molecule has 1 amide bonds. The Hall–Kier alpha value is -1.38. The van der Waals surface area contributed by atoms with Crippen molar-refractivity contribution in [1.82, 2.24) is 19.8 Å². The number of thiophene rings is 1. The lowest BCUT2D eigenvalue weighted by molar-refractivity contribution is 0.0648. The summed E-state index contributed by atoms with van der Waals surface area (Å²) in [6.45, 7) is 8.84. The van der Waals surface area contributed by atoms with Crippen molar-refractivity contribution in [3.8, 4) is 0 Å². The van der Waals surface area contributed by atoms with E-state index in [9.17, 15) is 4.79 Å². The van der Waals surface area contributed by atoms with Crippen LogP contribution in [0.2, 0.25) is 0 Å². The van der Waals surface area contributed by atoms with Crippen LogP contribution in [0.1, 0.15) is 29.4 Å². The van der Waals surface area contributed by atoms with E-state index in [4.69, 9.17) is 4.98 Å². The summed E-state index contributed by atoms with van der Waals surface area (Å²) in [7, 11) is 0. The molecule has 0 N–H and O–H groups in total. The molecule has 2 fully saturated rings. The Kier molecular flexibility index (Phi) is 5.33. The molecule has 140 valence electrons. The number of aromatic nitrogens is 2. The van der Waals surface area contributed by atoms with Crippen LogP contribution < -0.4 is 4.90 Å². The lowest BCUT2D eigenvalue weighted by Gasteiger charge is -2.33. The van der Waals surface area contributed by atoms with Crippen LogP contribution in [0.15, 0.2) is 11.2 Å². The molecule has 2 aromatic rings. The Labute approximate surface area is 162 Å². The zero-order chi connectivity index (χ0) is 18.1. The van der Waals surface area contributed by atoms with Gasteiger partial charge in [-0.1, -0.05) is 18.7 Å². The van der Waals surface area contributed by atoms with Gasteiger partial charge in [-0.25, -0.2) is 9.97 Å². The van der Waals surface area contributed by atoms with Crippen LogP contribution in [-0.2, 0) is 0 Å². The molecule has 6 nitrogen and oxygen atoms in total. The largest absolute Gasteiger partial charge is 0.356 e. The van der Waals surface area contributed by atoms with Gasteiger partial charge < -0.3 is 14.7 Å². The van der Waals surface area contributed by atoms with Crippen LogP contribution in [-0.4, -0.2) is 77.7 Å². The minimum Gasteiger partial charge on any atom is -0.356 e. The molecular weight excluding hydrogens is 366 g/mol. The van der Waals surface area contributed by atoms with Crippen LogP contribution in [0, 0.1) is 0 Å². The van der Waals surface area contributed by atoms with Crippen LogP contribution in [0.4, 0.5) is 5.82 Å². The van der Waals surface area contributed by atoms with Crippen LogP contribution >= 0.6 is 23.1 Å². The second-order valence-electron chi connectivity index (χ2n) is 6.78. The van der Waals surface area contributed by atoms with Gasteiger partial charge in [0.25, 0.3) is 5.91 Å². The minimum absolute atomic E-state index is 0.141. The van der Waals surface area contributed by atoms with Crippen molar-refractivity contribution in [1.29, 1.82) is 0 Å². The fraction of sp³-hybridized carbons (Fsp3) is 0.611. The fourth-order valence-corrected chi connectivity index (χ4v) is 5.09. The van der Waals surface area contributed by atoms with E-state index in [2.05, 4.69) is 21.7 Å². The van der Waals surface area contributed by atoms with Gasteiger partial charge in [0.1, 0.15) is 10.6 Å². The first-order valence-electron chi connectivity index (χ1n) is 9.31. The average Bonchev–Trinajstić information content (AvgIpc) is 3.36. The number of likely N-dealkylation sites (N-methyl/N-ethyl adjacent to an activating group) is 1. The highest BCUT2D eigenvalue weighted by atomic mass is 32.2. The van der Waals surface area contributed by atoms with Crippen molar-refractivity contribution < 1.29 is 4.79 Å². The van der Waals surface area contributed by atoms with Crippen molar-refractivity contribution in [3.05, 3.63) is 10.9 Å². The number of nitrogens with zero attached hydrogens (tertiary/aromatic N) is 5. The van der Waals surface area contributed by atoms with E-state index in [1.165, 1.54) is 24.2 Å². The maximum atomic E-state index is 13.0. The number of hydrogen-bond acceptors (Lipinski definition) is 7. The molecule has 0 radical (unpaired) electrons. The van der Waals surface area contributed by atoms with E-state index < -0.39 is 0 Å². The highest BCUT2D eigenvalue weighted by molar-refractivity contribution is 7.98. The first-order valence-corrected chi connectivity index (χ1v) is 11.4.